The van der Waals surface area contributed by atoms with Gasteiger partial charge in [-0.2, -0.15) is 0 Å². The number of halogens is 3. The highest BCUT2D eigenvalue weighted by molar-refractivity contribution is 8.16. The van der Waals surface area contributed by atoms with E-state index in [9.17, 15) is 12.3 Å². The summed E-state index contributed by atoms with van der Waals surface area (Å²) in [5.41, 5.74) is 0. The molecule has 0 atom stereocenters. The second kappa shape index (κ2) is 2.39. The molecule has 6 heteroatoms. The molecule has 0 saturated heterocycles. The fourth-order valence-electron chi connectivity index (χ4n) is 0.0257. The molecule has 0 aliphatic carbocycles. The van der Waals surface area contributed by atoms with E-state index in [1.807, 2.05) is 0 Å². The number of hydrogen-bond acceptors (Lipinski definition) is 2. The van der Waals surface area contributed by atoms with E-state index >= 15 is 0 Å². The zero-order chi connectivity index (χ0) is 5.91. The fourth-order valence-corrected chi connectivity index (χ4v) is 0.0772. The summed E-state index contributed by atoms with van der Waals surface area (Å²) in [4.78, 5) is 0. The lowest BCUT2D eigenvalue weighted by molar-refractivity contribution is -0.0216. The van der Waals surface area contributed by atoms with E-state index in [4.69, 9.17) is 0 Å². The molecule has 0 amide bonds. The van der Waals surface area contributed by atoms with Crippen molar-refractivity contribution in [3.8, 4) is 0 Å². The molecule has 0 radical (unpaired) electrons. The van der Waals surface area contributed by atoms with Crippen LogP contribution in [0.2, 0.25) is 0 Å². The lowest BCUT2D eigenvalue weighted by Gasteiger charge is -2.12. The molecule has 0 aromatic heterocycles. The molecule has 0 fully saturated rings. The molecule has 0 aliphatic heterocycles. The van der Waals surface area contributed by atoms with Crippen LogP contribution in [0.1, 0.15) is 0 Å². The quantitative estimate of drug-likeness (QED) is 0.577. The molecule has 7 heavy (non-hydrogen) atoms. The summed E-state index contributed by atoms with van der Waals surface area (Å²) in [7, 11) is 0.662. The van der Waals surface area contributed by atoms with Crippen LogP contribution in [0.3, 0.4) is 0 Å². The fraction of sp³-hybridized carbons (Fsp3) is 1.00. The average Bonchev–Trinajstić information content (AvgIpc) is 1.68. The highest BCUT2D eigenvalue weighted by atomic mass is 32.3. The monoisotopic (exact) mass is 136 g/mol. The third-order valence-corrected chi connectivity index (χ3v) is 0.802. The van der Waals surface area contributed by atoms with Crippen LogP contribution in [-0.4, -0.2) is 7.11 Å². The second-order valence-electron chi connectivity index (χ2n) is 0.608. The zero-order valence-corrected chi connectivity index (χ0v) is 4.18. The van der Waals surface area contributed by atoms with Crippen molar-refractivity contribution in [1.82, 2.24) is 0 Å². The molecule has 0 rings (SSSR count). The molecule has 0 saturated carbocycles. The standard InChI is InChI=1S/CH3F3O2S/c1-5-7(3,4)6-2/h1H3. The van der Waals surface area contributed by atoms with Crippen molar-refractivity contribution in [3.05, 3.63) is 0 Å². The van der Waals surface area contributed by atoms with Crippen molar-refractivity contribution in [1.29, 1.82) is 0 Å². The van der Waals surface area contributed by atoms with Crippen molar-refractivity contribution in [3.63, 3.8) is 0 Å². The van der Waals surface area contributed by atoms with Crippen LogP contribution < -0.4 is 0 Å². The Bertz CT molecular complexity index is 50.9. The van der Waals surface area contributed by atoms with Crippen LogP contribution in [0.15, 0.2) is 0 Å². The van der Waals surface area contributed by atoms with Crippen LogP contribution in [0, 0.1) is 0 Å². The maximum Gasteiger partial charge on any atom is 0.151 e. The molecular formula is CH3F3O2S. The highest BCUT2D eigenvalue weighted by Crippen LogP contribution is 2.52. The first-order valence-electron chi connectivity index (χ1n) is 1.20. The van der Waals surface area contributed by atoms with Gasteiger partial charge in [0.1, 0.15) is 0 Å². The Balaban J connectivity index is 3.36. The minimum atomic E-state index is -4.82. The summed E-state index contributed by atoms with van der Waals surface area (Å²) in [6.07, 6.45) is 0. The van der Waals surface area contributed by atoms with Crippen molar-refractivity contribution < 1.29 is 20.9 Å². The van der Waals surface area contributed by atoms with Crippen molar-refractivity contribution in [2.45, 2.75) is 0 Å². The van der Waals surface area contributed by atoms with Gasteiger partial charge in [0, 0.05) is 0 Å². The minimum absolute atomic E-state index is 0.662. The van der Waals surface area contributed by atoms with Gasteiger partial charge in [0.25, 0.3) is 0 Å². The maximum atomic E-state index is 11.1. The Morgan fingerprint density at radius 3 is 1.86 bits per heavy atom. The predicted octanol–water partition coefficient (Wildman–Crippen LogP) is 1.94. The largest absolute Gasteiger partial charge is 0.233 e. The first-order valence-corrected chi connectivity index (χ1v) is 2.49. The molecule has 0 N–H and O–H groups in total. The topological polar surface area (TPSA) is 18.5 Å². The number of rotatable bonds is 2. The van der Waals surface area contributed by atoms with Gasteiger partial charge in [0.2, 0.25) is 0 Å². The molecule has 2 nitrogen and oxygen atoms in total. The Hall–Kier alpha value is 0.0600. The van der Waals surface area contributed by atoms with Crippen LogP contribution in [0.25, 0.3) is 0 Å². The summed E-state index contributed by atoms with van der Waals surface area (Å²) in [5.74, 6) is 0. The summed E-state index contributed by atoms with van der Waals surface area (Å²) in [5, 5.41) is 0. The first-order chi connectivity index (χ1) is 3.12. The molecule has 0 spiro atoms. The smallest absolute Gasteiger partial charge is 0.151 e. The third-order valence-electron chi connectivity index (χ3n) is 0.267. The normalized spacial score (nSPS) is 14.3. The first kappa shape index (κ1) is 7.06. The van der Waals surface area contributed by atoms with E-state index in [2.05, 4.69) is 8.57 Å². The van der Waals surface area contributed by atoms with Crippen LogP contribution in [0.4, 0.5) is 12.3 Å². The van der Waals surface area contributed by atoms with E-state index < -0.39 is 11.4 Å². The summed E-state index contributed by atoms with van der Waals surface area (Å²) in [6.45, 7) is 0. The van der Waals surface area contributed by atoms with Gasteiger partial charge in [0.05, 0.1) is 7.11 Å². The van der Waals surface area contributed by atoms with Gasteiger partial charge in [-0.15, -0.1) is 0 Å². The molecule has 0 aliphatic rings. The second-order valence-corrected chi connectivity index (χ2v) is 1.82. The Labute approximate surface area is 40.4 Å². The predicted molar refractivity (Wildman–Crippen MR) is 19.0 cm³/mol. The Morgan fingerprint density at radius 1 is 1.43 bits per heavy atom. The van der Waals surface area contributed by atoms with Crippen LogP contribution in [0.5, 0.6) is 0 Å². The minimum Gasteiger partial charge on any atom is -0.233 e. The van der Waals surface area contributed by atoms with Gasteiger partial charge < -0.3 is 0 Å². The van der Waals surface area contributed by atoms with Crippen LogP contribution in [-0.2, 0) is 8.57 Å². The highest BCUT2D eigenvalue weighted by Gasteiger charge is 2.16. The van der Waals surface area contributed by atoms with Gasteiger partial charge in [-0.3, -0.25) is 0 Å². The molecule has 0 bridgehead atoms. The SMILES string of the molecule is COS(F)(F)OF. The van der Waals surface area contributed by atoms with E-state index in [0.717, 1.165) is 0 Å². The van der Waals surface area contributed by atoms with Gasteiger partial charge in [-0.05, 0) is 8.91 Å². The molecular weight excluding hydrogens is 133 g/mol. The summed E-state index contributed by atoms with van der Waals surface area (Å²) in [6, 6.07) is 0. The molecule has 0 aromatic carbocycles. The van der Waals surface area contributed by atoms with E-state index in [1.54, 1.807) is 0 Å². The van der Waals surface area contributed by atoms with Crippen LogP contribution >= 0.6 is 11.4 Å². The lowest BCUT2D eigenvalue weighted by atomic mass is 11.8. The van der Waals surface area contributed by atoms with E-state index in [1.165, 1.54) is 0 Å². The van der Waals surface area contributed by atoms with Crippen molar-refractivity contribution in [2.24, 2.45) is 0 Å². The van der Waals surface area contributed by atoms with Gasteiger partial charge in [-0.1, -0.05) is 7.77 Å². The van der Waals surface area contributed by atoms with Crippen molar-refractivity contribution in [2.75, 3.05) is 7.11 Å². The maximum absolute atomic E-state index is 11.1. The van der Waals surface area contributed by atoms with Gasteiger partial charge >= 0.3 is 0 Å². The zero-order valence-electron chi connectivity index (χ0n) is 3.36. The van der Waals surface area contributed by atoms with E-state index in [-0.39, 0.29) is 0 Å². The van der Waals surface area contributed by atoms with Gasteiger partial charge in [0.15, 0.2) is 11.4 Å². The molecule has 0 unspecified atom stereocenters. The van der Waals surface area contributed by atoms with E-state index in [0.29, 0.717) is 7.11 Å². The van der Waals surface area contributed by atoms with Gasteiger partial charge in [-0.25, -0.2) is 4.18 Å². The number of hydrogen-bond donors (Lipinski definition) is 0. The Morgan fingerprint density at radius 2 is 1.86 bits per heavy atom. The Kier molecular flexibility index (Phi) is 2.41. The third kappa shape index (κ3) is 2.72. The lowest BCUT2D eigenvalue weighted by Crippen LogP contribution is -1.84. The molecule has 0 heterocycles. The summed E-state index contributed by atoms with van der Waals surface area (Å²) >= 11 is -4.82. The molecule has 46 valence electrons. The van der Waals surface area contributed by atoms with Crippen molar-refractivity contribution >= 4 is 11.4 Å². The molecule has 0 aromatic rings. The average molecular weight is 136 g/mol. The summed E-state index contributed by atoms with van der Waals surface area (Å²) < 4.78 is 38.1.